The number of phenols is 1. The van der Waals surface area contributed by atoms with E-state index in [1.807, 2.05) is 6.92 Å². The van der Waals surface area contributed by atoms with Gasteiger partial charge in [0.05, 0.1) is 28.4 Å². The number of nitrogens with zero attached hydrogens (tertiary/aromatic N) is 3. The number of H-pyrrole nitrogens is 1. The highest BCUT2D eigenvalue weighted by Gasteiger charge is 2.21. The molecule has 0 saturated carbocycles. The number of aromatic nitrogens is 4. The highest BCUT2D eigenvalue weighted by molar-refractivity contribution is 7.92. The van der Waals surface area contributed by atoms with E-state index in [-0.39, 0.29) is 27.7 Å². The number of aromatic amines is 1. The first-order chi connectivity index (χ1) is 17.2. The molecule has 36 heavy (non-hydrogen) atoms. The first-order valence-electron chi connectivity index (χ1n) is 11.8. The van der Waals surface area contributed by atoms with E-state index >= 15 is 0 Å². The summed E-state index contributed by atoms with van der Waals surface area (Å²) < 4.78 is 35.9. The molecule has 0 aliphatic rings. The molecule has 10 nitrogen and oxygen atoms in total. The summed E-state index contributed by atoms with van der Waals surface area (Å²) in [5, 5.41) is 14.3. The molecule has 0 spiro atoms. The number of aromatic hydroxyl groups is 1. The van der Waals surface area contributed by atoms with Crippen molar-refractivity contribution in [2.75, 3.05) is 11.3 Å². The molecule has 4 aromatic rings. The summed E-state index contributed by atoms with van der Waals surface area (Å²) in [6.07, 6.45) is 3.67. The quantitative estimate of drug-likeness (QED) is 0.273. The van der Waals surface area contributed by atoms with Gasteiger partial charge >= 0.3 is 0 Å². The van der Waals surface area contributed by atoms with Crippen LogP contribution >= 0.6 is 0 Å². The fourth-order valence-electron chi connectivity index (χ4n) is 3.98. The van der Waals surface area contributed by atoms with E-state index in [1.54, 1.807) is 11.4 Å². The number of hydrogen-bond acceptors (Lipinski definition) is 7. The van der Waals surface area contributed by atoms with Crippen LogP contribution in [0.1, 0.15) is 44.6 Å². The van der Waals surface area contributed by atoms with Gasteiger partial charge < -0.3 is 14.8 Å². The maximum Gasteiger partial charge on any atom is 0.277 e. The zero-order valence-electron chi connectivity index (χ0n) is 20.4. The minimum Gasteiger partial charge on any atom is -0.508 e. The number of phenolic OH excluding ortho intramolecular Hbond substituents is 1. The molecule has 2 aromatic carbocycles. The fourth-order valence-corrected chi connectivity index (χ4v) is 5.05. The molecule has 0 aliphatic carbocycles. The predicted octanol–water partition coefficient (Wildman–Crippen LogP) is 4.03. The van der Waals surface area contributed by atoms with Crippen LogP contribution in [0.15, 0.2) is 52.2 Å². The summed E-state index contributed by atoms with van der Waals surface area (Å²) in [6, 6.07) is 10.2. The van der Waals surface area contributed by atoms with Gasteiger partial charge in [0.1, 0.15) is 17.3 Å². The number of fused-ring (bicyclic) bond motifs is 1. The predicted molar refractivity (Wildman–Crippen MR) is 137 cm³/mol. The first kappa shape index (κ1) is 25.2. The Morgan fingerprint density at radius 3 is 2.67 bits per heavy atom. The zero-order valence-corrected chi connectivity index (χ0v) is 21.2. The van der Waals surface area contributed by atoms with Crippen molar-refractivity contribution >= 4 is 21.2 Å². The van der Waals surface area contributed by atoms with Gasteiger partial charge in [0.15, 0.2) is 11.3 Å². The lowest BCUT2D eigenvalue weighted by molar-refractivity contribution is 0.341. The third-order valence-corrected chi connectivity index (χ3v) is 7.04. The molecule has 0 amide bonds. The van der Waals surface area contributed by atoms with Gasteiger partial charge in [-0.15, -0.1) is 5.10 Å². The SMILES string of the molecule is CCCCCc1nc(C)c2c(=O)[nH]c(-c3cc(S(=O)(=O)Nc4cccc(O)c4)ccc3OCC)nn12. The number of imidazole rings is 1. The van der Waals surface area contributed by atoms with Gasteiger partial charge in [-0.2, -0.15) is 0 Å². The van der Waals surface area contributed by atoms with Crippen LogP contribution in [0.5, 0.6) is 11.5 Å². The molecular weight excluding hydrogens is 482 g/mol. The highest BCUT2D eigenvalue weighted by atomic mass is 32.2. The van der Waals surface area contributed by atoms with Gasteiger partial charge in [-0.25, -0.2) is 17.9 Å². The molecule has 0 atom stereocenters. The van der Waals surface area contributed by atoms with Crippen molar-refractivity contribution < 1.29 is 18.3 Å². The minimum absolute atomic E-state index is 0.0583. The Bertz CT molecular complexity index is 1560. The van der Waals surface area contributed by atoms with Crippen molar-refractivity contribution in [3.63, 3.8) is 0 Å². The lowest BCUT2D eigenvalue weighted by Crippen LogP contribution is -2.17. The van der Waals surface area contributed by atoms with Crippen molar-refractivity contribution in [1.29, 1.82) is 0 Å². The molecule has 0 bridgehead atoms. The number of nitrogens with one attached hydrogen (secondary N) is 2. The molecule has 0 aliphatic heterocycles. The van der Waals surface area contributed by atoms with E-state index in [4.69, 9.17) is 4.74 Å². The molecule has 0 unspecified atom stereocenters. The lowest BCUT2D eigenvalue weighted by Gasteiger charge is -2.13. The van der Waals surface area contributed by atoms with Crippen LogP contribution in [-0.4, -0.2) is 39.7 Å². The maximum absolute atomic E-state index is 13.1. The van der Waals surface area contributed by atoms with E-state index in [1.165, 1.54) is 42.5 Å². The fraction of sp³-hybridized carbons (Fsp3) is 0.320. The monoisotopic (exact) mass is 511 g/mol. The largest absolute Gasteiger partial charge is 0.508 e. The number of benzene rings is 2. The van der Waals surface area contributed by atoms with Gasteiger partial charge in [0, 0.05) is 12.5 Å². The summed E-state index contributed by atoms with van der Waals surface area (Å²) >= 11 is 0. The van der Waals surface area contributed by atoms with Crippen LogP contribution in [0.3, 0.4) is 0 Å². The number of aryl methyl sites for hydroxylation is 2. The number of anilines is 1. The third kappa shape index (κ3) is 5.20. The minimum atomic E-state index is -4.02. The Labute approximate surface area is 209 Å². The van der Waals surface area contributed by atoms with Crippen molar-refractivity contribution in [3.05, 3.63) is 64.3 Å². The molecular formula is C25H29N5O5S. The van der Waals surface area contributed by atoms with Crippen LogP contribution in [0.2, 0.25) is 0 Å². The Kier molecular flexibility index (Phi) is 7.30. The standard InChI is InChI=1S/C25H29N5O5S/c1-4-6-7-11-22-26-16(3)23-25(32)27-24(28-30(22)23)20-15-19(12-13-21(20)35-5-2)36(33,34)29-17-9-8-10-18(31)14-17/h8-10,12-15,29,31H,4-7,11H2,1-3H3,(H,27,28,32). The smallest absolute Gasteiger partial charge is 0.277 e. The highest BCUT2D eigenvalue weighted by Crippen LogP contribution is 2.31. The van der Waals surface area contributed by atoms with Crippen LogP contribution in [0.4, 0.5) is 5.69 Å². The van der Waals surface area contributed by atoms with Gasteiger partial charge in [-0.05, 0) is 50.6 Å². The van der Waals surface area contributed by atoms with Crippen molar-refractivity contribution in [3.8, 4) is 22.9 Å². The summed E-state index contributed by atoms with van der Waals surface area (Å²) in [5.41, 5.74) is 1.10. The second-order valence-electron chi connectivity index (χ2n) is 8.38. The lowest BCUT2D eigenvalue weighted by atomic mass is 10.2. The van der Waals surface area contributed by atoms with Crippen LogP contribution < -0.4 is 15.0 Å². The molecule has 190 valence electrons. The average molecular weight is 512 g/mol. The molecule has 0 radical (unpaired) electrons. The Morgan fingerprint density at radius 1 is 1.14 bits per heavy atom. The summed E-state index contributed by atoms with van der Waals surface area (Å²) in [4.78, 5) is 20.3. The second-order valence-corrected chi connectivity index (χ2v) is 10.1. The van der Waals surface area contributed by atoms with Crippen molar-refractivity contribution in [1.82, 2.24) is 19.6 Å². The summed E-state index contributed by atoms with van der Waals surface area (Å²) in [5.74, 6) is 1.15. The summed E-state index contributed by atoms with van der Waals surface area (Å²) in [6.45, 7) is 6.02. The van der Waals surface area contributed by atoms with Crippen LogP contribution in [0, 0.1) is 6.92 Å². The zero-order chi connectivity index (χ0) is 25.9. The molecule has 11 heteroatoms. The average Bonchev–Trinajstić information content (AvgIpc) is 3.15. The number of ether oxygens (including phenoxy) is 1. The number of sulfonamides is 1. The Balaban J connectivity index is 1.82. The van der Waals surface area contributed by atoms with Crippen LogP contribution in [-0.2, 0) is 16.4 Å². The van der Waals surface area contributed by atoms with Crippen LogP contribution in [0.25, 0.3) is 16.9 Å². The van der Waals surface area contributed by atoms with E-state index in [0.717, 1.165) is 19.3 Å². The Morgan fingerprint density at radius 2 is 1.94 bits per heavy atom. The molecule has 4 rings (SSSR count). The van der Waals surface area contributed by atoms with Gasteiger partial charge in [0.2, 0.25) is 0 Å². The molecule has 2 aromatic heterocycles. The van der Waals surface area contributed by atoms with Crippen molar-refractivity contribution in [2.45, 2.75) is 51.3 Å². The van der Waals surface area contributed by atoms with E-state index in [2.05, 4.69) is 26.7 Å². The third-order valence-electron chi connectivity index (χ3n) is 5.66. The topological polar surface area (TPSA) is 139 Å². The number of hydrogen-bond donors (Lipinski definition) is 3. The van der Waals surface area contributed by atoms with E-state index < -0.39 is 10.0 Å². The van der Waals surface area contributed by atoms with Gasteiger partial charge in [-0.1, -0.05) is 25.8 Å². The van der Waals surface area contributed by atoms with Crippen molar-refractivity contribution in [2.24, 2.45) is 0 Å². The first-order valence-corrected chi connectivity index (χ1v) is 13.3. The number of rotatable bonds is 10. The molecule has 3 N–H and O–H groups in total. The molecule has 0 fully saturated rings. The normalized spacial score (nSPS) is 11.6. The molecule has 2 heterocycles. The van der Waals surface area contributed by atoms with E-state index in [0.29, 0.717) is 41.4 Å². The van der Waals surface area contributed by atoms with Gasteiger partial charge in [0.25, 0.3) is 15.6 Å². The Hall–Kier alpha value is -3.86. The van der Waals surface area contributed by atoms with E-state index in [9.17, 15) is 18.3 Å². The second kappa shape index (κ2) is 10.4. The molecule has 0 saturated heterocycles. The maximum atomic E-state index is 13.1. The van der Waals surface area contributed by atoms with Gasteiger partial charge in [-0.3, -0.25) is 9.52 Å². The number of unbranched alkanes of at least 4 members (excludes halogenated alkanes) is 2. The summed E-state index contributed by atoms with van der Waals surface area (Å²) in [7, 11) is -4.02.